The number of aliphatic hydroxyl groups is 2. The Morgan fingerprint density at radius 3 is 2.24 bits per heavy atom. The SMILES string of the molecule is CN(C(=O)[C@H](O)CO)C1CCN(c2ncc(B3OC(C)(C)C(C)(C)O3)cn2)CC1. The maximum atomic E-state index is 12.0. The number of aliphatic hydroxyl groups excluding tert-OH is 2. The second-order valence-corrected chi connectivity index (χ2v) is 8.77. The van der Waals surface area contributed by atoms with Crippen LogP contribution in [0.1, 0.15) is 40.5 Å². The van der Waals surface area contributed by atoms with Crippen molar-refractivity contribution in [1.82, 2.24) is 14.9 Å². The molecule has 0 radical (unpaired) electrons. The number of piperidine rings is 1. The van der Waals surface area contributed by atoms with Gasteiger partial charge in [0.05, 0.1) is 17.8 Å². The van der Waals surface area contributed by atoms with Gasteiger partial charge in [0.25, 0.3) is 5.91 Å². The van der Waals surface area contributed by atoms with Crippen molar-refractivity contribution < 1.29 is 24.3 Å². The number of carbonyl (C=O) groups excluding carboxylic acids is 1. The molecule has 2 aliphatic heterocycles. The van der Waals surface area contributed by atoms with E-state index in [1.807, 2.05) is 27.7 Å². The molecular formula is C19H31BN4O5. The Labute approximate surface area is 172 Å². The largest absolute Gasteiger partial charge is 0.498 e. The first-order chi connectivity index (χ1) is 13.6. The topological polar surface area (TPSA) is 108 Å². The number of nitrogens with zero attached hydrogens (tertiary/aromatic N) is 4. The zero-order valence-corrected chi connectivity index (χ0v) is 17.8. The molecule has 0 saturated carbocycles. The first kappa shape index (κ1) is 22.0. The molecule has 29 heavy (non-hydrogen) atoms. The molecule has 0 spiro atoms. The molecule has 3 heterocycles. The van der Waals surface area contributed by atoms with Crippen molar-refractivity contribution in [3.8, 4) is 0 Å². The first-order valence-electron chi connectivity index (χ1n) is 10.0. The molecule has 9 nitrogen and oxygen atoms in total. The first-order valence-corrected chi connectivity index (χ1v) is 10.0. The minimum atomic E-state index is -1.36. The number of hydrogen-bond acceptors (Lipinski definition) is 8. The van der Waals surface area contributed by atoms with Crippen LogP contribution in [-0.4, -0.2) is 88.2 Å². The fraction of sp³-hybridized carbons (Fsp3) is 0.737. The van der Waals surface area contributed by atoms with Gasteiger partial charge in [-0.25, -0.2) is 9.97 Å². The van der Waals surface area contributed by atoms with E-state index in [0.717, 1.165) is 18.3 Å². The summed E-state index contributed by atoms with van der Waals surface area (Å²) >= 11 is 0. The molecule has 0 aromatic carbocycles. The van der Waals surface area contributed by atoms with Gasteiger partial charge in [0.15, 0.2) is 6.10 Å². The highest BCUT2D eigenvalue weighted by Crippen LogP contribution is 2.36. The molecule has 2 N–H and O–H groups in total. The van der Waals surface area contributed by atoms with Crippen molar-refractivity contribution >= 4 is 24.4 Å². The molecule has 1 aromatic heterocycles. The number of rotatable bonds is 5. The van der Waals surface area contributed by atoms with E-state index in [1.165, 1.54) is 4.90 Å². The van der Waals surface area contributed by atoms with E-state index in [-0.39, 0.29) is 6.04 Å². The second kappa shape index (κ2) is 8.18. The number of likely N-dealkylation sites (N-methyl/N-ethyl adjacent to an activating group) is 1. The average Bonchev–Trinajstić information content (AvgIpc) is 2.93. The van der Waals surface area contributed by atoms with Crippen LogP contribution in [0.3, 0.4) is 0 Å². The Bertz CT molecular complexity index is 706. The second-order valence-electron chi connectivity index (χ2n) is 8.77. The normalized spacial score (nSPS) is 22.6. The van der Waals surface area contributed by atoms with Crippen LogP contribution >= 0.6 is 0 Å². The molecule has 2 aliphatic rings. The predicted molar refractivity (Wildman–Crippen MR) is 109 cm³/mol. The minimum absolute atomic E-state index is 0.0176. The van der Waals surface area contributed by atoms with Gasteiger partial charge >= 0.3 is 7.12 Å². The quantitative estimate of drug-likeness (QED) is 0.634. The van der Waals surface area contributed by atoms with E-state index in [0.29, 0.717) is 19.0 Å². The molecule has 160 valence electrons. The van der Waals surface area contributed by atoms with E-state index >= 15 is 0 Å². The van der Waals surface area contributed by atoms with E-state index in [2.05, 4.69) is 14.9 Å². The predicted octanol–water partition coefficient (Wildman–Crippen LogP) is -0.444. The fourth-order valence-electron chi connectivity index (χ4n) is 3.54. The number of amides is 1. The van der Waals surface area contributed by atoms with E-state index < -0.39 is 36.9 Å². The summed E-state index contributed by atoms with van der Waals surface area (Å²) in [4.78, 5) is 24.6. The van der Waals surface area contributed by atoms with E-state index in [1.54, 1.807) is 19.4 Å². The van der Waals surface area contributed by atoms with E-state index in [4.69, 9.17) is 14.4 Å². The lowest BCUT2D eigenvalue weighted by Crippen LogP contribution is -2.49. The van der Waals surface area contributed by atoms with Gasteiger partial charge in [-0.05, 0) is 40.5 Å². The van der Waals surface area contributed by atoms with Crippen molar-refractivity contribution in [3.63, 3.8) is 0 Å². The minimum Gasteiger partial charge on any atom is -0.399 e. The van der Waals surface area contributed by atoms with Crippen LogP contribution in [0, 0.1) is 0 Å². The summed E-state index contributed by atoms with van der Waals surface area (Å²) in [5, 5.41) is 18.5. The van der Waals surface area contributed by atoms with Crippen LogP contribution in [0.25, 0.3) is 0 Å². The summed E-state index contributed by atoms with van der Waals surface area (Å²) in [5.74, 6) is 0.182. The Balaban J connectivity index is 1.58. The van der Waals surface area contributed by atoms with Gasteiger partial charge in [-0.2, -0.15) is 0 Å². The highest BCUT2D eigenvalue weighted by Gasteiger charge is 2.52. The van der Waals surface area contributed by atoms with Crippen molar-refractivity contribution in [2.45, 2.75) is 63.9 Å². The van der Waals surface area contributed by atoms with Crippen LogP contribution in [0.15, 0.2) is 12.4 Å². The van der Waals surface area contributed by atoms with Crippen molar-refractivity contribution in [3.05, 3.63) is 12.4 Å². The molecule has 1 atom stereocenters. The Morgan fingerprint density at radius 2 is 1.76 bits per heavy atom. The maximum Gasteiger partial charge on any atom is 0.498 e. The molecule has 0 aliphatic carbocycles. The molecule has 2 fully saturated rings. The summed E-state index contributed by atoms with van der Waals surface area (Å²) in [6, 6.07) is 0.0176. The van der Waals surface area contributed by atoms with Crippen LogP contribution in [0.4, 0.5) is 5.95 Å². The summed E-state index contributed by atoms with van der Waals surface area (Å²) in [6.07, 6.45) is 3.60. The lowest BCUT2D eigenvalue weighted by molar-refractivity contribution is -0.143. The van der Waals surface area contributed by atoms with Crippen LogP contribution in [0.2, 0.25) is 0 Å². The third kappa shape index (κ3) is 4.40. The highest BCUT2D eigenvalue weighted by atomic mass is 16.7. The number of anilines is 1. The summed E-state index contributed by atoms with van der Waals surface area (Å²) in [5.41, 5.74) is -0.0399. The van der Waals surface area contributed by atoms with Gasteiger partial charge in [0.1, 0.15) is 0 Å². The molecule has 2 saturated heterocycles. The number of carbonyl (C=O) groups is 1. The van der Waals surface area contributed by atoms with Gasteiger partial charge < -0.3 is 29.3 Å². The lowest BCUT2D eigenvalue weighted by atomic mass is 9.81. The Kier molecular flexibility index (Phi) is 6.19. The maximum absolute atomic E-state index is 12.0. The Morgan fingerprint density at radius 1 is 1.24 bits per heavy atom. The third-order valence-corrected chi connectivity index (χ3v) is 6.28. The number of aromatic nitrogens is 2. The third-order valence-electron chi connectivity index (χ3n) is 6.28. The standard InChI is InChI=1S/C19H31BN4O5/c1-18(2)19(3,4)29-20(28-18)13-10-21-17(22-11-13)24-8-6-14(7-9-24)23(5)16(27)15(26)12-25/h10-11,14-15,25-26H,6-9,12H2,1-5H3/t15-/m1/s1. The molecule has 0 unspecified atom stereocenters. The highest BCUT2D eigenvalue weighted by molar-refractivity contribution is 6.61. The molecule has 3 rings (SSSR count). The molecule has 1 aromatic rings. The lowest BCUT2D eigenvalue weighted by Gasteiger charge is -2.37. The summed E-state index contributed by atoms with van der Waals surface area (Å²) < 4.78 is 12.1. The molecule has 0 bridgehead atoms. The zero-order valence-electron chi connectivity index (χ0n) is 17.8. The monoisotopic (exact) mass is 406 g/mol. The summed E-state index contributed by atoms with van der Waals surface area (Å²) in [7, 11) is 1.18. The van der Waals surface area contributed by atoms with Gasteiger partial charge in [-0.15, -0.1) is 0 Å². The van der Waals surface area contributed by atoms with Gasteiger partial charge in [-0.1, -0.05) is 0 Å². The van der Waals surface area contributed by atoms with Crippen LogP contribution in [-0.2, 0) is 14.1 Å². The molecular weight excluding hydrogens is 375 g/mol. The smallest absolute Gasteiger partial charge is 0.399 e. The average molecular weight is 406 g/mol. The van der Waals surface area contributed by atoms with Crippen molar-refractivity contribution in [2.24, 2.45) is 0 Å². The van der Waals surface area contributed by atoms with E-state index in [9.17, 15) is 9.90 Å². The van der Waals surface area contributed by atoms with Crippen LogP contribution in [0.5, 0.6) is 0 Å². The van der Waals surface area contributed by atoms with Gasteiger partial charge in [0.2, 0.25) is 5.95 Å². The fourth-order valence-corrected chi connectivity index (χ4v) is 3.54. The molecule has 1 amide bonds. The van der Waals surface area contributed by atoms with Gasteiger partial charge in [0, 0.05) is 44.0 Å². The number of hydrogen-bond donors (Lipinski definition) is 2. The Hall–Kier alpha value is -1.75. The zero-order chi connectivity index (χ0) is 21.4. The van der Waals surface area contributed by atoms with Crippen molar-refractivity contribution in [2.75, 3.05) is 31.6 Å². The van der Waals surface area contributed by atoms with Gasteiger partial charge in [-0.3, -0.25) is 4.79 Å². The van der Waals surface area contributed by atoms with Crippen LogP contribution < -0.4 is 10.4 Å². The van der Waals surface area contributed by atoms with Crippen molar-refractivity contribution in [1.29, 1.82) is 0 Å². The summed E-state index contributed by atoms with van der Waals surface area (Å²) in [6.45, 7) is 8.87. The molecule has 10 heteroatoms.